The van der Waals surface area contributed by atoms with Gasteiger partial charge in [0.25, 0.3) is 5.91 Å². The Morgan fingerprint density at radius 1 is 1.50 bits per heavy atom. The Labute approximate surface area is 104 Å². The van der Waals surface area contributed by atoms with Gasteiger partial charge in [-0.2, -0.15) is 5.10 Å². The summed E-state index contributed by atoms with van der Waals surface area (Å²) in [5, 5.41) is 6.86. The Balaban J connectivity index is 1.87. The lowest BCUT2D eigenvalue weighted by molar-refractivity contribution is 0.0954. The molecular formula is C11H14N6O. The van der Waals surface area contributed by atoms with Crippen molar-refractivity contribution in [3.05, 3.63) is 36.0 Å². The van der Waals surface area contributed by atoms with Crippen LogP contribution in [0.3, 0.4) is 0 Å². The van der Waals surface area contributed by atoms with E-state index in [1.807, 2.05) is 0 Å². The van der Waals surface area contributed by atoms with E-state index in [1.54, 1.807) is 36.4 Å². The standard InChI is InChI=1S/C11H14N6O/c1-17-7-15-9(16-17)4-6-14-11(18)8-3-2-5-13-10(8)12/h2-3,5,7H,4,6H2,1H3,(H2,12,13)(H,14,18). The highest BCUT2D eigenvalue weighted by Gasteiger charge is 2.09. The van der Waals surface area contributed by atoms with Crippen molar-refractivity contribution in [1.82, 2.24) is 25.1 Å². The van der Waals surface area contributed by atoms with Gasteiger partial charge in [0.2, 0.25) is 0 Å². The minimum atomic E-state index is -0.239. The highest BCUT2D eigenvalue weighted by Crippen LogP contribution is 2.05. The summed E-state index contributed by atoms with van der Waals surface area (Å²) in [6, 6.07) is 3.31. The molecule has 2 aromatic rings. The van der Waals surface area contributed by atoms with Crippen LogP contribution in [0.2, 0.25) is 0 Å². The third-order valence-corrected chi connectivity index (χ3v) is 2.36. The molecule has 3 N–H and O–H groups in total. The Hall–Kier alpha value is -2.44. The summed E-state index contributed by atoms with van der Waals surface area (Å²) < 4.78 is 1.62. The molecule has 0 aliphatic rings. The number of aromatic nitrogens is 4. The average Bonchev–Trinajstić information content (AvgIpc) is 2.75. The maximum atomic E-state index is 11.8. The largest absolute Gasteiger partial charge is 0.383 e. The second-order valence-electron chi connectivity index (χ2n) is 3.78. The zero-order valence-corrected chi connectivity index (χ0v) is 10.00. The van der Waals surface area contributed by atoms with Gasteiger partial charge >= 0.3 is 0 Å². The summed E-state index contributed by atoms with van der Waals surface area (Å²) in [5.74, 6) is 0.680. The highest BCUT2D eigenvalue weighted by atomic mass is 16.1. The van der Waals surface area contributed by atoms with E-state index in [0.717, 1.165) is 0 Å². The number of amides is 1. The van der Waals surface area contributed by atoms with Gasteiger partial charge < -0.3 is 11.1 Å². The van der Waals surface area contributed by atoms with E-state index in [-0.39, 0.29) is 11.7 Å². The van der Waals surface area contributed by atoms with Crippen LogP contribution in [0.4, 0.5) is 5.82 Å². The summed E-state index contributed by atoms with van der Waals surface area (Å²) in [4.78, 5) is 19.7. The summed E-state index contributed by atoms with van der Waals surface area (Å²) in [6.07, 6.45) is 3.74. The number of nitrogen functional groups attached to an aromatic ring is 1. The molecule has 0 radical (unpaired) electrons. The molecule has 0 fully saturated rings. The topological polar surface area (TPSA) is 98.7 Å². The van der Waals surface area contributed by atoms with Crippen LogP contribution in [0.1, 0.15) is 16.2 Å². The molecule has 0 spiro atoms. The molecule has 7 nitrogen and oxygen atoms in total. The van der Waals surface area contributed by atoms with Gasteiger partial charge in [-0.3, -0.25) is 9.48 Å². The molecule has 94 valence electrons. The van der Waals surface area contributed by atoms with Crippen LogP contribution < -0.4 is 11.1 Å². The molecule has 18 heavy (non-hydrogen) atoms. The molecule has 2 heterocycles. The number of aryl methyl sites for hydroxylation is 1. The maximum absolute atomic E-state index is 11.8. The monoisotopic (exact) mass is 246 g/mol. The first kappa shape index (κ1) is 12.0. The van der Waals surface area contributed by atoms with E-state index < -0.39 is 0 Å². The third kappa shape index (κ3) is 2.82. The Bertz CT molecular complexity index is 550. The van der Waals surface area contributed by atoms with Crippen LogP contribution in [0.5, 0.6) is 0 Å². The maximum Gasteiger partial charge on any atom is 0.255 e. The van der Waals surface area contributed by atoms with Gasteiger partial charge in [-0.25, -0.2) is 9.97 Å². The molecule has 1 amide bonds. The van der Waals surface area contributed by atoms with E-state index >= 15 is 0 Å². The number of anilines is 1. The minimum absolute atomic E-state index is 0.228. The normalized spacial score (nSPS) is 10.3. The molecule has 7 heteroatoms. The quantitative estimate of drug-likeness (QED) is 0.776. The lowest BCUT2D eigenvalue weighted by Gasteiger charge is -2.05. The number of nitrogens with two attached hydrogens (primary N) is 1. The van der Waals surface area contributed by atoms with Crippen molar-refractivity contribution in [1.29, 1.82) is 0 Å². The van der Waals surface area contributed by atoms with Crippen LogP contribution in [0.25, 0.3) is 0 Å². The van der Waals surface area contributed by atoms with Gasteiger partial charge in [0, 0.05) is 26.2 Å². The molecule has 0 aromatic carbocycles. The number of hydrogen-bond donors (Lipinski definition) is 2. The van der Waals surface area contributed by atoms with E-state index in [9.17, 15) is 4.79 Å². The van der Waals surface area contributed by atoms with Gasteiger partial charge in [-0.05, 0) is 12.1 Å². The second-order valence-corrected chi connectivity index (χ2v) is 3.78. The molecule has 2 rings (SSSR count). The van der Waals surface area contributed by atoms with E-state index in [0.29, 0.717) is 24.4 Å². The molecule has 0 saturated heterocycles. The van der Waals surface area contributed by atoms with Gasteiger partial charge in [0.1, 0.15) is 12.1 Å². The lowest BCUT2D eigenvalue weighted by atomic mass is 10.2. The van der Waals surface area contributed by atoms with Crippen molar-refractivity contribution in [2.45, 2.75) is 6.42 Å². The zero-order chi connectivity index (χ0) is 13.0. The van der Waals surface area contributed by atoms with Crippen molar-refractivity contribution in [3.8, 4) is 0 Å². The minimum Gasteiger partial charge on any atom is -0.383 e. The number of carbonyl (C=O) groups is 1. The summed E-state index contributed by atoms with van der Waals surface area (Å²) in [5.41, 5.74) is 5.99. The van der Waals surface area contributed by atoms with Gasteiger partial charge in [0.15, 0.2) is 5.82 Å². The fraction of sp³-hybridized carbons (Fsp3) is 0.273. The molecule has 0 aliphatic heterocycles. The first-order valence-corrected chi connectivity index (χ1v) is 5.50. The fourth-order valence-electron chi connectivity index (χ4n) is 1.49. The van der Waals surface area contributed by atoms with Gasteiger partial charge in [0.05, 0.1) is 5.56 Å². The van der Waals surface area contributed by atoms with Crippen molar-refractivity contribution in [2.75, 3.05) is 12.3 Å². The number of carbonyl (C=O) groups excluding carboxylic acids is 1. The third-order valence-electron chi connectivity index (χ3n) is 2.36. The average molecular weight is 246 g/mol. The molecule has 2 aromatic heterocycles. The Kier molecular flexibility index (Phi) is 3.52. The molecule has 0 atom stereocenters. The number of rotatable bonds is 4. The Morgan fingerprint density at radius 2 is 2.33 bits per heavy atom. The zero-order valence-electron chi connectivity index (χ0n) is 10.00. The van der Waals surface area contributed by atoms with E-state index in [2.05, 4.69) is 20.4 Å². The summed E-state index contributed by atoms with van der Waals surface area (Å²) in [7, 11) is 1.80. The molecule has 0 unspecified atom stereocenters. The SMILES string of the molecule is Cn1cnc(CCNC(=O)c2cccnc2N)n1. The van der Waals surface area contributed by atoms with Crippen LogP contribution in [0, 0.1) is 0 Å². The number of pyridine rings is 1. The van der Waals surface area contributed by atoms with Crippen molar-refractivity contribution < 1.29 is 4.79 Å². The summed E-state index contributed by atoms with van der Waals surface area (Å²) in [6.45, 7) is 0.456. The van der Waals surface area contributed by atoms with Crippen LogP contribution in [-0.4, -0.2) is 32.2 Å². The van der Waals surface area contributed by atoms with Gasteiger partial charge in [-0.1, -0.05) is 0 Å². The molecular weight excluding hydrogens is 232 g/mol. The first-order chi connectivity index (χ1) is 8.66. The smallest absolute Gasteiger partial charge is 0.255 e. The molecule has 0 aliphatic carbocycles. The fourth-order valence-corrected chi connectivity index (χ4v) is 1.49. The second kappa shape index (κ2) is 5.26. The molecule has 0 bridgehead atoms. The predicted molar refractivity (Wildman–Crippen MR) is 65.7 cm³/mol. The van der Waals surface area contributed by atoms with Crippen LogP contribution >= 0.6 is 0 Å². The predicted octanol–water partition coefficient (Wildman–Crippen LogP) is -0.235. The van der Waals surface area contributed by atoms with E-state index in [4.69, 9.17) is 5.73 Å². The highest BCUT2D eigenvalue weighted by molar-refractivity contribution is 5.98. The van der Waals surface area contributed by atoms with Crippen LogP contribution in [-0.2, 0) is 13.5 Å². The van der Waals surface area contributed by atoms with Crippen molar-refractivity contribution >= 4 is 11.7 Å². The summed E-state index contributed by atoms with van der Waals surface area (Å²) >= 11 is 0. The van der Waals surface area contributed by atoms with Crippen LogP contribution in [0.15, 0.2) is 24.7 Å². The number of nitrogens with zero attached hydrogens (tertiary/aromatic N) is 4. The lowest BCUT2D eigenvalue weighted by Crippen LogP contribution is -2.27. The first-order valence-electron chi connectivity index (χ1n) is 5.50. The number of nitrogens with one attached hydrogen (secondary N) is 1. The Morgan fingerprint density at radius 3 is 3.00 bits per heavy atom. The van der Waals surface area contributed by atoms with Crippen molar-refractivity contribution in [2.24, 2.45) is 7.05 Å². The van der Waals surface area contributed by atoms with E-state index in [1.165, 1.54) is 0 Å². The van der Waals surface area contributed by atoms with Gasteiger partial charge in [-0.15, -0.1) is 0 Å². The van der Waals surface area contributed by atoms with Crippen molar-refractivity contribution in [3.63, 3.8) is 0 Å². The number of hydrogen-bond acceptors (Lipinski definition) is 5. The molecule has 0 saturated carbocycles.